The Bertz CT molecular complexity index is 574. The van der Waals surface area contributed by atoms with Crippen molar-refractivity contribution in [3.05, 3.63) is 35.4 Å². The van der Waals surface area contributed by atoms with Gasteiger partial charge >= 0.3 is 5.97 Å². The van der Waals surface area contributed by atoms with Crippen LogP contribution in [0, 0.1) is 12.3 Å². The standard InChI is InChI=1S/C15H17Cl2NO3/c1-10-5-3-4-6-11(10)7-18-12(19)8-21-13(20)14(2)9-15(14,16)17/h3-6H,7-9H2,1-2H3,(H,18,19)/t14-/m1/s1. The van der Waals surface area contributed by atoms with Gasteiger partial charge in [-0.05, 0) is 25.0 Å². The Kier molecular flexibility index (Phi) is 4.49. The van der Waals surface area contributed by atoms with Crippen LogP contribution in [0.5, 0.6) is 0 Å². The first-order chi connectivity index (χ1) is 9.76. The van der Waals surface area contributed by atoms with Gasteiger partial charge in [-0.25, -0.2) is 0 Å². The minimum atomic E-state index is -1.08. The fourth-order valence-corrected chi connectivity index (χ4v) is 2.65. The second-order valence-corrected chi connectivity index (χ2v) is 6.98. The van der Waals surface area contributed by atoms with Gasteiger partial charge in [-0.2, -0.15) is 0 Å². The number of carbonyl (C=O) groups is 2. The molecule has 21 heavy (non-hydrogen) atoms. The summed E-state index contributed by atoms with van der Waals surface area (Å²) in [6, 6.07) is 7.74. The quantitative estimate of drug-likeness (QED) is 0.667. The molecule has 1 aromatic rings. The number of alkyl halides is 2. The molecule has 1 aromatic carbocycles. The van der Waals surface area contributed by atoms with Crippen molar-refractivity contribution in [1.29, 1.82) is 0 Å². The predicted molar refractivity (Wildman–Crippen MR) is 81.1 cm³/mol. The van der Waals surface area contributed by atoms with Crippen LogP contribution in [-0.2, 0) is 20.9 Å². The lowest BCUT2D eigenvalue weighted by Gasteiger charge is -2.12. The molecule has 0 radical (unpaired) electrons. The summed E-state index contributed by atoms with van der Waals surface area (Å²) in [5.41, 5.74) is 1.20. The molecule has 1 aliphatic rings. The summed E-state index contributed by atoms with van der Waals surface area (Å²) in [6.07, 6.45) is 0.340. The molecule has 0 saturated heterocycles. The molecule has 1 fully saturated rings. The largest absolute Gasteiger partial charge is 0.455 e. The Balaban J connectivity index is 1.76. The molecule has 1 aliphatic carbocycles. The highest BCUT2D eigenvalue weighted by Crippen LogP contribution is 2.64. The van der Waals surface area contributed by atoms with Crippen LogP contribution in [-0.4, -0.2) is 22.8 Å². The number of ether oxygens (including phenoxy) is 1. The maximum absolute atomic E-state index is 11.8. The second-order valence-electron chi connectivity index (χ2n) is 5.49. The van der Waals surface area contributed by atoms with E-state index in [1.807, 2.05) is 31.2 Å². The summed E-state index contributed by atoms with van der Waals surface area (Å²) in [5, 5.41) is 2.71. The van der Waals surface area contributed by atoms with Crippen LogP contribution in [0.15, 0.2) is 24.3 Å². The van der Waals surface area contributed by atoms with Gasteiger partial charge in [-0.3, -0.25) is 9.59 Å². The minimum absolute atomic E-state index is 0.329. The fraction of sp³-hybridized carbons (Fsp3) is 0.467. The molecule has 0 unspecified atom stereocenters. The Hall–Kier alpha value is -1.26. The van der Waals surface area contributed by atoms with Crippen LogP contribution in [0.25, 0.3) is 0 Å². The van der Waals surface area contributed by atoms with Crippen molar-refractivity contribution in [2.24, 2.45) is 5.41 Å². The Labute approximate surface area is 133 Å². The number of benzene rings is 1. The summed E-state index contributed by atoms with van der Waals surface area (Å²) in [4.78, 5) is 23.5. The molecule has 0 bridgehead atoms. The molecule has 4 nitrogen and oxygen atoms in total. The highest BCUT2D eigenvalue weighted by molar-refractivity contribution is 6.53. The Morgan fingerprint density at radius 2 is 1.95 bits per heavy atom. The third-order valence-electron chi connectivity index (χ3n) is 3.78. The van der Waals surface area contributed by atoms with E-state index in [2.05, 4.69) is 5.32 Å². The van der Waals surface area contributed by atoms with Gasteiger partial charge in [0.25, 0.3) is 5.91 Å². The smallest absolute Gasteiger partial charge is 0.315 e. The van der Waals surface area contributed by atoms with Crippen LogP contribution >= 0.6 is 23.2 Å². The van der Waals surface area contributed by atoms with E-state index in [4.69, 9.17) is 27.9 Å². The van der Waals surface area contributed by atoms with E-state index in [-0.39, 0.29) is 12.5 Å². The fourth-order valence-electron chi connectivity index (χ4n) is 1.96. The third kappa shape index (κ3) is 3.50. The summed E-state index contributed by atoms with van der Waals surface area (Å²) < 4.78 is 3.88. The molecule has 1 N–H and O–H groups in total. The number of esters is 1. The summed E-state index contributed by atoms with van der Waals surface area (Å²) >= 11 is 11.8. The molecule has 1 saturated carbocycles. The number of aryl methyl sites for hydroxylation is 1. The third-order valence-corrected chi connectivity index (χ3v) is 4.88. The number of carbonyl (C=O) groups excluding carboxylic acids is 2. The molecule has 1 atom stereocenters. The van der Waals surface area contributed by atoms with Crippen molar-refractivity contribution in [3.63, 3.8) is 0 Å². The molecule has 0 heterocycles. The van der Waals surface area contributed by atoms with Gasteiger partial charge in [0.2, 0.25) is 0 Å². The van der Waals surface area contributed by atoms with Gasteiger partial charge < -0.3 is 10.1 Å². The maximum atomic E-state index is 11.8. The predicted octanol–water partition coefficient (Wildman–Crippen LogP) is 2.74. The zero-order valence-electron chi connectivity index (χ0n) is 11.9. The van der Waals surface area contributed by atoms with Crippen molar-refractivity contribution >= 4 is 35.1 Å². The van der Waals surface area contributed by atoms with Crippen molar-refractivity contribution in [3.8, 4) is 0 Å². The van der Waals surface area contributed by atoms with Gasteiger partial charge in [0, 0.05) is 13.0 Å². The van der Waals surface area contributed by atoms with Crippen LogP contribution in [0.4, 0.5) is 0 Å². The zero-order chi connectivity index (χ0) is 15.7. The van der Waals surface area contributed by atoms with E-state index < -0.39 is 15.7 Å². The van der Waals surface area contributed by atoms with Crippen molar-refractivity contribution < 1.29 is 14.3 Å². The number of halogens is 2. The Morgan fingerprint density at radius 1 is 1.33 bits per heavy atom. The average Bonchev–Trinajstić information content (AvgIpc) is 2.95. The number of hydrogen-bond acceptors (Lipinski definition) is 3. The van der Waals surface area contributed by atoms with Crippen LogP contribution in [0.2, 0.25) is 0 Å². The number of rotatable bonds is 5. The van der Waals surface area contributed by atoms with Gasteiger partial charge in [0.05, 0.1) is 0 Å². The first kappa shape index (κ1) is 16.1. The molecule has 0 aliphatic heterocycles. The average molecular weight is 330 g/mol. The summed E-state index contributed by atoms with van der Waals surface area (Å²) in [6.45, 7) is 3.66. The zero-order valence-corrected chi connectivity index (χ0v) is 13.4. The van der Waals surface area contributed by atoms with Gasteiger partial charge in [0.1, 0.15) is 9.75 Å². The van der Waals surface area contributed by atoms with Crippen LogP contribution in [0.3, 0.4) is 0 Å². The van der Waals surface area contributed by atoms with Crippen molar-refractivity contribution in [2.75, 3.05) is 6.61 Å². The maximum Gasteiger partial charge on any atom is 0.315 e. The number of amides is 1. The first-order valence-electron chi connectivity index (χ1n) is 6.62. The lowest BCUT2D eigenvalue weighted by molar-refractivity contribution is -0.153. The topological polar surface area (TPSA) is 55.4 Å². The van der Waals surface area contributed by atoms with Crippen LogP contribution in [0.1, 0.15) is 24.5 Å². The second kappa shape index (κ2) is 5.85. The monoisotopic (exact) mass is 329 g/mol. The van der Waals surface area contributed by atoms with Gasteiger partial charge in [-0.1, -0.05) is 24.3 Å². The molecule has 6 heteroatoms. The molecule has 1 amide bonds. The lowest BCUT2D eigenvalue weighted by Crippen LogP contribution is -2.31. The molecule has 114 valence electrons. The summed E-state index contributed by atoms with van der Waals surface area (Å²) in [5.74, 6) is -0.899. The van der Waals surface area contributed by atoms with Gasteiger partial charge in [0.15, 0.2) is 6.61 Å². The number of hydrogen-bond donors (Lipinski definition) is 1. The van der Waals surface area contributed by atoms with E-state index in [1.54, 1.807) is 6.92 Å². The van der Waals surface area contributed by atoms with E-state index >= 15 is 0 Å². The van der Waals surface area contributed by atoms with Crippen LogP contribution < -0.4 is 5.32 Å². The van der Waals surface area contributed by atoms with E-state index in [1.165, 1.54) is 0 Å². The molecule has 0 spiro atoms. The van der Waals surface area contributed by atoms with Crippen molar-refractivity contribution in [1.82, 2.24) is 5.32 Å². The molecule has 0 aromatic heterocycles. The first-order valence-corrected chi connectivity index (χ1v) is 7.38. The number of nitrogens with one attached hydrogen (secondary N) is 1. The summed E-state index contributed by atoms with van der Waals surface area (Å²) in [7, 11) is 0. The van der Waals surface area contributed by atoms with E-state index in [0.717, 1.165) is 11.1 Å². The molecular weight excluding hydrogens is 313 g/mol. The Morgan fingerprint density at radius 3 is 2.52 bits per heavy atom. The van der Waals surface area contributed by atoms with E-state index in [0.29, 0.717) is 13.0 Å². The van der Waals surface area contributed by atoms with Gasteiger partial charge in [-0.15, -0.1) is 23.2 Å². The molecular formula is C15H17Cl2NO3. The SMILES string of the molecule is Cc1ccccc1CNC(=O)COC(=O)[C@@]1(C)CC1(Cl)Cl. The van der Waals surface area contributed by atoms with Crippen molar-refractivity contribution in [2.45, 2.75) is 31.1 Å². The minimum Gasteiger partial charge on any atom is -0.455 e. The van der Waals surface area contributed by atoms with E-state index in [9.17, 15) is 9.59 Å². The lowest BCUT2D eigenvalue weighted by atomic mass is 10.1. The highest BCUT2D eigenvalue weighted by atomic mass is 35.5. The highest BCUT2D eigenvalue weighted by Gasteiger charge is 2.69. The normalized spacial score (nSPS) is 22.5. The molecule has 2 rings (SSSR count).